The lowest BCUT2D eigenvalue weighted by Gasteiger charge is -2.28. The zero-order valence-corrected chi connectivity index (χ0v) is 15.6. The Morgan fingerprint density at radius 1 is 1.11 bits per heavy atom. The number of hydrogen-bond donors (Lipinski definition) is 1. The summed E-state index contributed by atoms with van der Waals surface area (Å²) in [4.78, 5) is 27.4. The second kappa shape index (κ2) is 7.92. The molecular formula is C20H20N2O4S. The summed E-state index contributed by atoms with van der Waals surface area (Å²) in [6.07, 6.45) is 1.05. The van der Waals surface area contributed by atoms with Gasteiger partial charge in [0.2, 0.25) is 11.8 Å². The summed E-state index contributed by atoms with van der Waals surface area (Å²) in [6, 6.07) is 13.1. The Bertz CT molecular complexity index is 871. The number of hydrogen-bond acceptors (Lipinski definition) is 5. The number of carbonyl (C=O) groups excluding carboxylic acids is 2. The number of rotatable bonds is 4. The quantitative estimate of drug-likeness (QED) is 0.876. The van der Waals surface area contributed by atoms with Crippen molar-refractivity contribution in [1.29, 1.82) is 0 Å². The topological polar surface area (TPSA) is 67.9 Å². The highest BCUT2D eigenvalue weighted by Gasteiger charge is 2.24. The number of benzene rings is 2. The van der Waals surface area contributed by atoms with Gasteiger partial charge in [0, 0.05) is 36.0 Å². The monoisotopic (exact) mass is 384 g/mol. The largest absolute Gasteiger partial charge is 0.490 e. The molecule has 2 aliphatic rings. The number of nitrogens with zero attached hydrogens (tertiary/aromatic N) is 1. The highest BCUT2D eigenvalue weighted by atomic mass is 32.2. The van der Waals surface area contributed by atoms with Crippen molar-refractivity contribution < 1.29 is 19.1 Å². The van der Waals surface area contributed by atoms with Crippen molar-refractivity contribution in [2.24, 2.45) is 0 Å². The van der Waals surface area contributed by atoms with Gasteiger partial charge in [-0.1, -0.05) is 12.1 Å². The Kier molecular flexibility index (Phi) is 5.20. The smallest absolute Gasteiger partial charge is 0.237 e. The number of ether oxygens (including phenoxy) is 2. The number of para-hydroxylation sites is 1. The van der Waals surface area contributed by atoms with Gasteiger partial charge in [0.25, 0.3) is 0 Å². The zero-order chi connectivity index (χ0) is 18.6. The van der Waals surface area contributed by atoms with E-state index in [-0.39, 0.29) is 18.2 Å². The van der Waals surface area contributed by atoms with Crippen LogP contribution in [0.4, 0.5) is 11.4 Å². The summed E-state index contributed by atoms with van der Waals surface area (Å²) in [6.45, 7) is 1.58. The first kappa shape index (κ1) is 17.7. The van der Waals surface area contributed by atoms with Crippen LogP contribution in [0.25, 0.3) is 0 Å². The first-order valence-electron chi connectivity index (χ1n) is 8.92. The third-order valence-electron chi connectivity index (χ3n) is 4.40. The molecule has 7 heteroatoms. The van der Waals surface area contributed by atoms with Crippen molar-refractivity contribution in [3.05, 3.63) is 42.5 Å². The molecule has 4 rings (SSSR count). The number of thioether (sulfide) groups is 1. The van der Waals surface area contributed by atoms with Crippen molar-refractivity contribution in [3.8, 4) is 11.5 Å². The molecule has 2 heterocycles. The van der Waals surface area contributed by atoms with Gasteiger partial charge in [-0.2, -0.15) is 0 Å². The maximum absolute atomic E-state index is 12.4. The van der Waals surface area contributed by atoms with Crippen molar-refractivity contribution in [2.75, 3.05) is 35.7 Å². The first-order chi connectivity index (χ1) is 13.2. The molecule has 2 amide bonds. The van der Waals surface area contributed by atoms with E-state index in [1.165, 1.54) is 11.8 Å². The molecule has 2 aromatic rings. The van der Waals surface area contributed by atoms with Crippen LogP contribution in [-0.4, -0.2) is 37.3 Å². The van der Waals surface area contributed by atoms with E-state index >= 15 is 0 Å². The molecule has 0 saturated carbocycles. The van der Waals surface area contributed by atoms with E-state index in [0.717, 1.165) is 17.0 Å². The maximum Gasteiger partial charge on any atom is 0.237 e. The van der Waals surface area contributed by atoms with Crippen LogP contribution in [0.2, 0.25) is 0 Å². The fourth-order valence-corrected chi connectivity index (χ4v) is 4.01. The molecule has 0 aromatic heterocycles. The molecule has 27 heavy (non-hydrogen) atoms. The van der Waals surface area contributed by atoms with Crippen LogP contribution in [0.15, 0.2) is 47.4 Å². The van der Waals surface area contributed by atoms with Crippen LogP contribution < -0.4 is 19.7 Å². The summed E-state index contributed by atoms with van der Waals surface area (Å²) in [5, 5.41) is 2.87. The molecule has 2 aliphatic heterocycles. The van der Waals surface area contributed by atoms with Crippen LogP contribution >= 0.6 is 11.8 Å². The van der Waals surface area contributed by atoms with Gasteiger partial charge in [0.1, 0.15) is 0 Å². The van der Waals surface area contributed by atoms with Crippen molar-refractivity contribution >= 4 is 35.0 Å². The van der Waals surface area contributed by atoms with Gasteiger partial charge in [-0.3, -0.25) is 9.59 Å². The fourth-order valence-electron chi connectivity index (χ4n) is 3.08. The van der Waals surface area contributed by atoms with Gasteiger partial charge in [0.05, 0.1) is 24.7 Å². The van der Waals surface area contributed by atoms with Crippen molar-refractivity contribution in [1.82, 2.24) is 0 Å². The summed E-state index contributed by atoms with van der Waals surface area (Å²) in [5.74, 6) is 1.62. The van der Waals surface area contributed by atoms with Gasteiger partial charge in [-0.15, -0.1) is 11.8 Å². The van der Waals surface area contributed by atoms with Crippen LogP contribution in [0.3, 0.4) is 0 Å². The van der Waals surface area contributed by atoms with E-state index in [1.54, 1.807) is 23.1 Å². The number of carbonyl (C=O) groups is 2. The van der Waals surface area contributed by atoms with E-state index < -0.39 is 0 Å². The second-order valence-corrected chi connectivity index (χ2v) is 7.33. The van der Waals surface area contributed by atoms with Gasteiger partial charge in [-0.05, 0) is 24.3 Å². The maximum atomic E-state index is 12.4. The molecule has 0 unspecified atom stereocenters. The molecule has 0 fully saturated rings. The summed E-state index contributed by atoms with van der Waals surface area (Å²) >= 11 is 1.53. The Hall–Kier alpha value is -2.67. The lowest BCUT2D eigenvalue weighted by Crippen LogP contribution is -2.37. The predicted octanol–water partition coefficient (Wildman–Crippen LogP) is 3.32. The Balaban J connectivity index is 1.39. The van der Waals surface area contributed by atoms with Gasteiger partial charge in [0.15, 0.2) is 11.5 Å². The molecule has 2 aromatic carbocycles. The SMILES string of the molecule is O=C(CCN1C(=O)CSc2ccccc21)Nc1ccc2c(c1)OCCCO2. The van der Waals surface area contributed by atoms with Gasteiger partial charge >= 0.3 is 0 Å². The Morgan fingerprint density at radius 3 is 2.81 bits per heavy atom. The number of amides is 2. The molecule has 0 radical (unpaired) electrons. The summed E-state index contributed by atoms with van der Waals surface area (Å²) < 4.78 is 11.2. The Morgan fingerprint density at radius 2 is 1.93 bits per heavy atom. The van der Waals surface area contributed by atoms with Crippen LogP contribution in [-0.2, 0) is 9.59 Å². The van der Waals surface area contributed by atoms with Crippen molar-refractivity contribution in [2.45, 2.75) is 17.7 Å². The minimum absolute atomic E-state index is 0.0297. The van der Waals surface area contributed by atoms with E-state index in [0.29, 0.717) is 42.7 Å². The predicted molar refractivity (Wildman–Crippen MR) is 105 cm³/mol. The molecule has 0 aliphatic carbocycles. The Labute approximate surface area is 161 Å². The van der Waals surface area contributed by atoms with E-state index in [1.807, 2.05) is 24.3 Å². The molecular weight excluding hydrogens is 364 g/mol. The lowest BCUT2D eigenvalue weighted by molar-refractivity contribution is -0.117. The molecule has 6 nitrogen and oxygen atoms in total. The highest BCUT2D eigenvalue weighted by Crippen LogP contribution is 2.35. The number of nitrogens with one attached hydrogen (secondary N) is 1. The molecule has 140 valence electrons. The third-order valence-corrected chi connectivity index (χ3v) is 5.45. The van der Waals surface area contributed by atoms with E-state index in [2.05, 4.69) is 5.32 Å². The van der Waals surface area contributed by atoms with Gasteiger partial charge < -0.3 is 19.7 Å². The molecule has 0 spiro atoms. The molecule has 1 N–H and O–H groups in total. The van der Waals surface area contributed by atoms with Crippen LogP contribution in [0.5, 0.6) is 11.5 Å². The molecule has 0 saturated heterocycles. The average molecular weight is 384 g/mol. The molecule has 0 bridgehead atoms. The van der Waals surface area contributed by atoms with Gasteiger partial charge in [-0.25, -0.2) is 0 Å². The highest BCUT2D eigenvalue weighted by molar-refractivity contribution is 8.00. The van der Waals surface area contributed by atoms with E-state index in [9.17, 15) is 9.59 Å². The zero-order valence-electron chi connectivity index (χ0n) is 14.8. The number of anilines is 2. The number of fused-ring (bicyclic) bond motifs is 2. The first-order valence-corrected chi connectivity index (χ1v) is 9.91. The lowest BCUT2D eigenvalue weighted by atomic mass is 10.2. The summed E-state index contributed by atoms with van der Waals surface area (Å²) in [5.41, 5.74) is 1.53. The van der Waals surface area contributed by atoms with Crippen LogP contribution in [0, 0.1) is 0 Å². The standard InChI is InChI=1S/C20H20N2O4S/c23-19(21-14-6-7-16-17(12-14)26-11-3-10-25-16)8-9-22-15-4-1-2-5-18(15)27-13-20(22)24/h1-2,4-7,12H,3,8-11,13H2,(H,21,23). The minimum Gasteiger partial charge on any atom is -0.490 e. The normalized spacial score (nSPS) is 15.7. The van der Waals surface area contributed by atoms with Crippen molar-refractivity contribution in [3.63, 3.8) is 0 Å². The fraction of sp³-hybridized carbons (Fsp3) is 0.300. The second-order valence-electron chi connectivity index (χ2n) is 6.31. The van der Waals surface area contributed by atoms with Crippen LogP contribution in [0.1, 0.15) is 12.8 Å². The third kappa shape index (κ3) is 4.03. The van der Waals surface area contributed by atoms with E-state index in [4.69, 9.17) is 9.47 Å². The summed E-state index contributed by atoms with van der Waals surface area (Å²) in [7, 11) is 0. The average Bonchev–Trinajstić information content (AvgIpc) is 2.92. The minimum atomic E-state index is -0.145. The molecule has 0 atom stereocenters.